The summed E-state index contributed by atoms with van der Waals surface area (Å²) in [7, 11) is 0. The molecule has 0 unspecified atom stereocenters. The summed E-state index contributed by atoms with van der Waals surface area (Å²) in [5, 5.41) is 14.6. The third kappa shape index (κ3) is 4.27. The summed E-state index contributed by atoms with van der Waals surface area (Å²) >= 11 is 18.7. The fourth-order valence-corrected chi connectivity index (χ4v) is 4.66. The van der Waals surface area contributed by atoms with Gasteiger partial charge in [0.15, 0.2) is 0 Å². The van der Waals surface area contributed by atoms with E-state index in [4.69, 9.17) is 40.1 Å². The molecule has 2 saturated carbocycles. The molecule has 5 nitrogen and oxygen atoms in total. The zero-order valence-corrected chi connectivity index (χ0v) is 18.6. The van der Waals surface area contributed by atoms with Crippen molar-refractivity contribution in [2.45, 2.75) is 35.1 Å². The summed E-state index contributed by atoms with van der Waals surface area (Å²) in [5.74, 6) is -2.58. The van der Waals surface area contributed by atoms with Crippen LogP contribution in [0.1, 0.15) is 46.7 Å². The van der Waals surface area contributed by atoms with Gasteiger partial charge in [-0.25, -0.2) is 8.78 Å². The molecule has 0 aromatic heterocycles. The van der Waals surface area contributed by atoms with Crippen molar-refractivity contribution in [3.8, 4) is 6.07 Å². The van der Waals surface area contributed by atoms with Gasteiger partial charge in [-0.05, 0) is 42.7 Å². The Morgan fingerprint density at radius 1 is 1.16 bits per heavy atom. The molecule has 32 heavy (non-hydrogen) atoms. The van der Waals surface area contributed by atoms with Crippen molar-refractivity contribution < 1.29 is 18.4 Å². The SMILES string of the molecule is N#CC1(NC(=O)c2cc(NC(=O)[C@H]3[C@H](c4cccc(C(F)F)c4)C3(Cl)Cl)ccc2Cl)CC1. The normalized spacial score (nSPS) is 22.0. The van der Waals surface area contributed by atoms with Crippen molar-refractivity contribution in [1.29, 1.82) is 5.26 Å². The number of hydrogen-bond acceptors (Lipinski definition) is 3. The first-order valence-corrected chi connectivity index (χ1v) is 10.8. The maximum atomic E-state index is 13.0. The summed E-state index contributed by atoms with van der Waals surface area (Å²) < 4.78 is 24.6. The number of amides is 2. The van der Waals surface area contributed by atoms with E-state index in [1.807, 2.05) is 0 Å². The average Bonchev–Trinajstić information content (AvgIpc) is 3.64. The number of halogens is 5. The molecule has 4 rings (SSSR count). The van der Waals surface area contributed by atoms with Gasteiger partial charge in [0.1, 0.15) is 9.87 Å². The van der Waals surface area contributed by atoms with Crippen molar-refractivity contribution in [2.75, 3.05) is 5.32 Å². The maximum absolute atomic E-state index is 13.0. The summed E-state index contributed by atoms with van der Waals surface area (Å²) in [4.78, 5) is 25.4. The van der Waals surface area contributed by atoms with E-state index in [0.717, 1.165) is 0 Å². The molecule has 2 N–H and O–H groups in total. The molecule has 166 valence electrons. The second-order valence-electron chi connectivity index (χ2n) is 7.93. The summed E-state index contributed by atoms with van der Waals surface area (Å²) in [6.07, 6.45) is -1.53. The maximum Gasteiger partial charge on any atom is 0.263 e. The van der Waals surface area contributed by atoms with Gasteiger partial charge in [-0.3, -0.25) is 9.59 Å². The molecule has 0 bridgehead atoms. The van der Waals surface area contributed by atoms with Crippen LogP contribution in [0.2, 0.25) is 5.02 Å². The quantitative estimate of drug-likeness (QED) is 0.509. The molecular weight excluding hydrogens is 483 g/mol. The van der Waals surface area contributed by atoms with Gasteiger partial charge in [0, 0.05) is 17.2 Å². The van der Waals surface area contributed by atoms with Gasteiger partial charge in [-0.1, -0.05) is 29.8 Å². The van der Waals surface area contributed by atoms with Gasteiger partial charge < -0.3 is 10.6 Å². The van der Waals surface area contributed by atoms with Crippen LogP contribution >= 0.6 is 34.8 Å². The molecule has 0 spiro atoms. The van der Waals surface area contributed by atoms with Gasteiger partial charge in [0.2, 0.25) is 5.91 Å². The monoisotopic (exact) mass is 497 g/mol. The molecule has 2 amide bonds. The Bertz CT molecular complexity index is 1150. The van der Waals surface area contributed by atoms with E-state index < -0.39 is 39.9 Å². The number of nitriles is 1. The van der Waals surface area contributed by atoms with Crippen molar-refractivity contribution in [3.63, 3.8) is 0 Å². The molecule has 0 saturated heterocycles. The van der Waals surface area contributed by atoms with E-state index in [2.05, 4.69) is 16.7 Å². The molecule has 0 radical (unpaired) electrons. The number of carbonyl (C=O) groups excluding carboxylic acids is 2. The molecular formula is C22H16Cl3F2N3O2. The second-order valence-corrected chi connectivity index (χ2v) is 9.78. The Balaban J connectivity index is 1.50. The van der Waals surface area contributed by atoms with E-state index in [9.17, 15) is 18.4 Å². The fourth-order valence-electron chi connectivity index (χ4n) is 3.63. The number of rotatable bonds is 6. The number of nitrogens with zero attached hydrogens (tertiary/aromatic N) is 1. The Kier molecular flexibility index (Phi) is 5.83. The van der Waals surface area contributed by atoms with Crippen molar-refractivity contribution in [3.05, 3.63) is 64.2 Å². The van der Waals surface area contributed by atoms with E-state index in [-0.39, 0.29) is 21.8 Å². The number of nitrogens with one attached hydrogen (secondary N) is 2. The fraction of sp³-hybridized carbons (Fsp3) is 0.318. The highest BCUT2D eigenvalue weighted by molar-refractivity contribution is 6.53. The van der Waals surface area contributed by atoms with Crippen molar-refractivity contribution >= 4 is 52.3 Å². The highest BCUT2D eigenvalue weighted by Gasteiger charge is 2.67. The molecule has 10 heteroatoms. The van der Waals surface area contributed by atoms with E-state index in [1.165, 1.54) is 36.4 Å². The van der Waals surface area contributed by atoms with Crippen LogP contribution in [-0.4, -0.2) is 21.7 Å². The molecule has 0 heterocycles. The van der Waals surface area contributed by atoms with E-state index >= 15 is 0 Å². The minimum absolute atomic E-state index is 0.103. The van der Waals surface area contributed by atoms with Gasteiger partial charge in [0.25, 0.3) is 12.3 Å². The zero-order chi connectivity index (χ0) is 23.3. The van der Waals surface area contributed by atoms with Crippen molar-refractivity contribution in [1.82, 2.24) is 5.32 Å². The standard InChI is InChI=1S/C22H16Cl3F2N3O2/c23-15-5-4-13(9-14(15)19(31)30-21(10-28)6-7-21)29-20(32)17-16(22(17,24)25)11-2-1-3-12(8-11)18(26)27/h1-5,8-9,16-18H,6-7H2,(H,29,32)(H,30,31)/t16-,17+/m0/s1. The lowest BCUT2D eigenvalue weighted by Gasteiger charge is -2.12. The largest absolute Gasteiger partial charge is 0.334 e. The van der Waals surface area contributed by atoms with E-state index in [0.29, 0.717) is 18.4 Å². The predicted molar refractivity (Wildman–Crippen MR) is 117 cm³/mol. The molecule has 0 aliphatic heterocycles. The van der Waals surface area contributed by atoms with Gasteiger partial charge in [-0.15, -0.1) is 23.2 Å². The first kappa shape index (κ1) is 22.8. The first-order valence-electron chi connectivity index (χ1n) is 9.68. The lowest BCUT2D eigenvalue weighted by Crippen LogP contribution is -2.35. The number of hydrogen-bond donors (Lipinski definition) is 2. The van der Waals surface area contributed by atoms with Gasteiger partial charge >= 0.3 is 0 Å². The highest BCUT2D eigenvalue weighted by atomic mass is 35.5. The molecule has 2 aliphatic rings. The Morgan fingerprint density at radius 3 is 2.50 bits per heavy atom. The van der Waals surface area contributed by atoms with Crippen LogP contribution in [0.3, 0.4) is 0 Å². The van der Waals surface area contributed by atoms with Gasteiger partial charge in [-0.2, -0.15) is 5.26 Å². The summed E-state index contributed by atoms with van der Waals surface area (Å²) in [6.45, 7) is 0. The van der Waals surface area contributed by atoms with Crippen LogP contribution < -0.4 is 10.6 Å². The summed E-state index contributed by atoms with van der Waals surface area (Å²) in [5.41, 5.74) is -0.231. The Labute approximate surface area is 197 Å². The molecule has 2 atom stereocenters. The number of benzene rings is 2. The minimum atomic E-state index is -2.66. The Morgan fingerprint density at radius 2 is 1.88 bits per heavy atom. The van der Waals surface area contributed by atoms with Gasteiger partial charge in [0.05, 0.1) is 22.6 Å². The smallest absolute Gasteiger partial charge is 0.263 e. The molecule has 2 aromatic rings. The molecule has 2 aromatic carbocycles. The third-order valence-electron chi connectivity index (χ3n) is 5.65. The highest BCUT2D eigenvalue weighted by Crippen LogP contribution is 2.65. The predicted octanol–water partition coefficient (Wildman–Crippen LogP) is 5.59. The van der Waals surface area contributed by atoms with Crippen LogP contribution in [0.5, 0.6) is 0 Å². The number of alkyl halides is 4. The van der Waals surface area contributed by atoms with Crippen LogP contribution in [0.25, 0.3) is 0 Å². The Hall–Kier alpha value is -2.40. The third-order valence-corrected chi connectivity index (χ3v) is 6.92. The zero-order valence-electron chi connectivity index (χ0n) is 16.3. The molecule has 2 aliphatic carbocycles. The number of anilines is 1. The summed E-state index contributed by atoms with van der Waals surface area (Å²) in [6, 6.07) is 12.0. The first-order chi connectivity index (χ1) is 15.1. The lowest BCUT2D eigenvalue weighted by molar-refractivity contribution is -0.117. The lowest BCUT2D eigenvalue weighted by atomic mass is 10.1. The van der Waals surface area contributed by atoms with Crippen LogP contribution in [0, 0.1) is 17.2 Å². The van der Waals surface area contributed by atoms with Crippen LogP contribution in [0.4, 0.5) is 14.5 Å². The topological polar surface area (TPSA) is 82.0 Å². The van der Waals surface area contributed by atoms with Crippen LogP contribution in [-0.2, 0) is 4.79 Å². The average molecular weight is 499 g/mol. The number of carbonyl (C=O) groups is 2. The van der Waals surface area contributed by atoms with Crippen LogP contribution in [0.15, 0.2) is 42.5 Å². The molecule has 2 fully saturated rings. The van der Waals surface area contributed by atoms with Crippen molar-refractivity contribution in [2.24, 2.45) is 5.92 Å². The minimum Gasteiger partial charge on any atom is -0.334 e. The second kappa shape index (κ2) is 8.18. The van der Waals surface area contributed by atoms with E-state index in [1.54, 1.807) is 6.07 Å².